The summed E-state index contributed by atoms with van der Waals surface area (Å²) in [5.41, 5.74) is -1.67. The fourth-order valence-electron chi connectivity index (χ4n) is 1.11. The van der Waals surface area contributed by atoms with E-state index in [0.717, 1.165) is 4.57 Å². The van der Waals surface area contributed by atoms with Crippen LogP contribution in [0.4, 0.5) is 0 Å². The van der Waals surface area contributed by atoms with E-state index in [0.29, 0.717) is 6.42 Å². The zero-order valence-electron chi connectivity index (χ0n) is 10.9. The second-order valence-electron chi connectivity index (χ2n) is 3.05. The fourth-order valence-corrected chi connectivity index (χ4v) is 1.40. The van der Waals surface area contributed by atoms with Gasteiger partial charge < -0.3 is 4.98 Å². The topological polar surface area (TPSA) is 54.9 Å². The van der Waals surface area contributed by atoms with Gasteiger partial charge in [0.2, 0.25) is 0 Å². The number of aryl methyl sites for hydroxylation is 1. The van der Waals surface area contributed by atoms with Crippen LogP contribution in [0.5, 0.6) is 0 Å². The summed E-state index contributed by atoms with van der Waals surface area (Å²) in [4.78, 5) is 25.8. The summed E-state index contributed by atoms with van der Waals surface area (Å²) in [7, 11) is 0. The third kappa shape index (κ3) is 1.82. The molecule has 0 aliphatic carbocycles. The molecule has 1 unspecified atom stereocenters. The Morgan fingerprint density at radius 2 is 2.29 bits per heavy atom. The molecule has 0 spiro atoms. The van der Waals surface area contributed by atoms with Crippen molar-refractivity contribution in [3.05, 3.63) is 31.0 Å². The van der Waals surface area contributed by atoms with Crippen LogP contribution in [0.3, 0.4) is 0 Å². The Morgan fingerprint density at radius 1 is 1.64 bits per heavy atom. The number of hydrogen-bond acceptors (Lipinski definition) is 2. The molecule has 78 valence electrons. The van der Waals surface area contributed by atoms with E-state index in [1.807, 2.05) is 6.92 Å². The lowest BCUT2D eigenvalue weighted by atomic mass is 10.2. The zero-order valence-corrected chi connectivity index (χ0v) is 9.51. The summed E-state index contributed by atoms with van der Waals surface area (Å²) in [5.74, 6) is 0. The van der Waals surface area contributed by atoms with Crippen LogP contribution in [-0.4, -0.2) is 9.55 Å². The summed E-state index contributed by atoms with van der Waals surface area (Å²) >= 11 is 2.94. The smallest absolute Gasteiger partial charge is 0.310 e. The Kier molecular flexibility index (Phi) is 2.20. The van der Waals surface area contributed by atoms with Gasteiger partial charge in [-0.05, 0) is 36.1 Å². The molecule has 14 heavy (non-hydrogen) atoms. The third-order valence-electron chi connectivity index (χ3n) is 2.11. The lowest BCUT2D eigenvalue weighted by Crippen LogP contribution is -2.38. The Labute approximate surface area is 94.3 Å². The molecule has 4 nitrogen and oxygen atoms in total. The Hall–Kier alpha value is -0.840. The molecule has 1 heterocycles. The molecular weight excluding hydrogens is 248 g/mol. The zero-order chi connectivity index (χ0) is 13.4. The second-order valence-corrected chi connectivity index (χ2v) is 3.84. The number of nitrogens with zero attached hydrogens (tertiary/aromatic N) is 1. The first kappa shape index (κ1) is 7.45. The predicted octanol–water partition coefficient (Wildman–Crippen LogP) is 1.58. The second kappa shape index (κ2) is 4.13. The Morgan fingerprint density at radius 3 is 2.79 bits per heavy atom. The van der Waals surface area contributed by atoms with E-state index in [1.54, 1.807) is 6.92 Å². The molecule has 0 saturated carbocycles. The van der Waals surface area contributed by atoms with Gasteiger partial charge in [0.25, 0.3) is 5.56 Å². The van der Waals surface area contributed by atoms with Crippen molar-refractivity contribution in [2.45, 2.75) is 33.2 Å². The average Bonchev–Trinajstić information content (AvgIpc) is 2.21. The third-order valence-corrected chi connectivity index (χ3v) is 2.84. The maximum Gasteiger partial charge on any atom is 0.328 e. The SMILES string of the molecule is [2H]C([2H])([2H])c1[nH]c(=O)n(C(C)CC)c(=O)c1Br. The van der Waals surface area contributed by atoms with Crippen molar-refractivity contribution in [1.82, 2.24) is 9.55 Å². The minimum absolute atomic E-state index is 0.114. The highest BCUT2D eigenvalue weighted by atomic mass is 79.9. The summed E-state index contributed by atoms with van der Waals surface area (Å²) in [6.07, 6.45) is 0.600. The van der Waals surface area contributed by atoms with Gasteiger partial charge in [-0.25, -0.2) is 4.79 Å². The number of H-pyrrole nitrogens is 1. The molecule has 1 aromatic heterocycles. The largest absolute Gasteiger partial charge is 0.328 e. The Balaban J connectivity index is 3.60. The number of aromatic amines is 1. The first-order valence-electron chi connectivity index (χ1n) is 5.75. The van der Waals surface area contributed by atoms with Crippen molar-refractivity contribution in [3.63, 3.8) is 0 Å². The summed E-state index contributed by atoms with van der Waals surface area (Å²) in [6, 6.07) is -0.284. The van der Waals surface area contributed by atoms with Crippen molar-refractivity contribution in [2.75, 3.05) is 0 Å². The lowest BCUT2D eigenvalue weighted by Gasteiger charge is -2.12. The molecule has 0 fully saturated rings. The van der Waals surface area contributed by atoms with E-state index >= 15 is 0 Å². The van der Waals surface area contributed by atoms with E-state index in [2.05, 4.69) is 20.9 Å². The molecule has 0 amide bonds. The van der Waals surface area contributed by atoms with Gasteiger partial charge in [-0.15, -0.1) is 0 Å². The van der Waals surface area contributed by atoms with Gasteiger partial charge in [-0.1, -0.05) is 6.92 Å². The molecule has 0 aliphatic heterocycles. The van der Waals surface area contributed by atoms with E-state index in [9.17, 15) is 9.59 Å². The van der Waals surface area contributed by atoms with Crippen molar-refractivity contribution in [2.24, 2.45) is 0 Å². The Bertz CT molecular complexity index is 533. The minimum Gasteiger partial charge on any atom is -0.310 e. The fraction of sp³-hybridized carbons (Fsp3) is 0.556. The number of aromatic nitrogens is 2. The standard InChI is InChI=1S/C9H13BrN2O2/c1-4-5(2)12-8(13)7(10)6(3)11-9(12)14/h5H,4H2,1-3H3,(H,11,14)/i3D3. The molecule has 1 N–H and O–H groups in total. The van der Waals surface area contributed by atoms with Gasteiger partial charge in [0.05, 0.1) is 0 Å². The van der Waals surface area contributed by atoms with Gasteiger partial charge in [0.1, 0.15) is 4.47 Å². The van der Waals surface area contributed by atoms with Crippen LogP contribution in [0.1, 0.15) is 36.1 Å². The van der Waals surface area contributed by atoms with E-state index < -0.39 is 18.1 Å². The van der Waals surface area contributed by atoms with Crippen LogP contribution in [0, 0.1) is 6.85 Å². The van der Waals surface area contributed by atoms with Gasteiger partial charge in [-0.2, -0.15) is 0 Å². The van der Waals surface area contributed by atoms with Crippen LogP contribution >= 0.6 is 15.9 Å². The minimum atomic E-state index is -2.52. The van der Waals surface area contributed by atoms with Gasteiger partial charge in [0, 0.05) is 15.8 Å². The molecule has 0 saturated heterocycles. The van der Waals surface area contributed by atoms with Gasteiger partial charge in [-0.3, -0.25) is 9.36 Å². The summed E-state index contributed by atoms with van der Waals surface area (Å²) in [5, 5.41) is 0. The van der Waals surface area contributed by atoms with Crippen LogP contribution in [-0.2, 0) is 0 Å². The number of hydrogen-bond donors (Lipinski definition) is 1. The normalized spacial score (nSPS) is 16.9. The molecular formula is C9H13BrN2O2. The molecule has 5 heteroatoms. The molecule has 0 radical (unpaired) electrons. The van der Waals surface area contributed by atoms with Crippen molar-refractivity contribution >= 4 is 15.9 Å². The van der Waals surface area contributed by atoms with Gasteiger partial charge >= 0.3 is 5.69 Å². The van der Waals surface area contributed by atoms with E-state index in [4.69, 9.17) is 4.11 Å². The van der Waals surface area contributed by atoms with Crippen LogP contribution in [0.25, 0.3) is 0 Å². The molecule has 1 atom stereocenters. The number of rotatable bonds is 2. The number of nitrogens with one attached hydrogen (secondary N) is 1. The quantitative estimate of drug-likeness (QED) is 0.881. The van der Waals surface area contributed by atoms with Crippen LogP contribution in [0.2, 0.25) is 0 Å². The molecule has 1 rings (SSSR count). The van der Waals surface area contributed by atoms with E-state index in [-0.39, 0.29) is 16.2 Å². The van der Waals surface area contributed by atoms with Crippen LogP contribution in [0.15, 0.2) is 14.1 Å². The van der Waals surface area contributed by atoms with Crippen molar-refractivity contribution in [3.8, 4) is 0 Å². The number of halogens is 1. The van der Waals surface area contributed by atoms with E-state index in [1.165, 1.54) is 0 Å². The highest BCUT2D eigenvalue weighted by Crippen LogP contribution is 2.08. The summed E-state index contributed by atoms with van der Waals surface area (Å²) < 4.78 is 22.5. The summed E-state index contributed by atoms with van der Waals surface area (Å²) in [6.45, 7) is 1.03. The van der Waals surface area contributed by atoms with Crippen molar-refractivity contribution in [1.29, 1.82) is 0 Å². The monoisotopic (exact) mass is 263 g/mol. The lowest BCUT2D eigenvalue weighted by molar-refractivity contribution is 0.486. The highest BCUT2D eigenvalue weighted by Gasteiger charge is 2.12. The van der Waals surface area contributed by atoms with Crippen LogP contribution < -0.4 is 11.2 Å². The molecule has 1 aromatic rings. The first-order valence-corrected chi connectivity index (χ1v) is 5.04. The van der Waals surface area contributed by atoms with Crippen molar-refractivity contribution < 1.29 is 4.11 Å². The van der Waals surface area contributed by atoms with Gasteiger partial charge in [0.15, 0.2) is 0 Å². The first-order chi connectivity index (χ1) is 7.70. The molecule has 0 aromatic carbocycles. The highest BCUT2D eigenvalue weighted by molar-refractivity contribution is 9.10. The molecule has 0 aliphatic rings. The maximum absolute atomic E-state index is 11.9. The maximum atomic E-state index is 11.9. The average molecular weight is 264 g/mol. The molecule has 0 bridgehead atoms. The predicted molar refractivity (Wildman–Crippen MR) is 58.8 cm³/mol.